The lowest BCUT2D eigenvalue weighted by Crippen LogP contribution is -1.88. The summed E-state index contributed by atoms with van der Waals surface area (Å²) >= 11 is 0. The summed E-state index contributed by atoms with van der Waals surface area (Å²) in [6.45, 7) is 0. The van der Waals surface area contributed by atoms with E-state index in [2.05, 4.69) is 26.2 Å². The maximum absolute atomic E-state index is 4.36. The van der Waals surface area contributed by atoms with Gasteiger partial charge in [0.05, 0.1) is 28.6 Å². The minimum atomic E-state index is 0.905. The van der Waals surface area contributed by atoms with Crippen LogP contribution in [0.4, 0.5) is 0 Å². The molecule has 4 heteroatoms. The van der Waals surface area contributed by atoms with Crippen molar-refractivity contribution in [1.82, 2.24) is 20.2 Å². The normalized spacial score (nSPS) is 11.2. The number of nitrogens with one attached hydrogen (secondary N) is 1. The number of hydrogen-bond donors (Lipinski definition) is 1. The number of benzene rings is 1. The summed E-state index contributed by atoms with van der Waals surface area (Å²) < 4.78 is 0. The van der Waals surface area contributed by atoms with E-state index >= 15 is 0 Å². The summed E-state index contributed by atoms with van der Waals surface area (Å²) in [7, 11) is 0. The highest BCUT2D eigenvalue weighted by molar-refractivity contribution is 6.03. The Balaban J connectivity index is 2.04. The number of pyridine rings is 2. The Hall–Kier alpha value is -2.75. The van der Waals surface area contributed by atoms with Crippen LogP contribution in [0, 0.1) is 0 Å². The number of nitrogens with zero attached hydrogens (tertiary/aromatic N) is 3. The summed E-state index contributed by atoms with van der Waals surface area (Å²) in [5.74, 6) is 0. The van der Waals surface area contributed by atoms with Crippen molar-refractivity contribution in [2.24, 2.45) is 0 Å². The molecule has 0 unspecified atom stereocenters. The van der Waals surface area contributed by atoms with E-state index in [0.717, 1.165) is 33.2 Å². The highest BCUT2D eigenvalue weighted by atomic mass is 15.1. The molecule has 4 aromatic rings. The van der Waals surface area contributed by atoms with Crippen molar-refractivity contribution in [2.75, 3.05) is 0 Å². The van der Waals surface area contributed by atoms with Crippen LogP contribution in [0.2, 0.25) is 0 Å². The molecule has 0 aliphatic carbocycles. The summed E-state index contributed by atoms with van der Waals surface area (Å²) in [5, 5.41) is 10.2. The molecule has 0 atom stereocenters. The molecule has 0 fully saturated rings. The molecule has 3 heterocycles. The Kier molecular flexibility index (Phi) is 2.08. The third kappa shape index (κ3) is 1.57. The minimum Gasteiger partial charge on any atom is -0.353 e. The first-order valence-corrected chi connectivity index (χ1v) is 6.06. The molecule has 3 aromatic heterocycles. The van der Waals surface area contributed by atoms with Crippen LogP contribution in [0.3, 0.4) is 0 Å². The first-order chi connectivity index (χ1) is 9.42. The molecule has 90 valence electrons. The molecule has 0 aliphatic heterocycles. The first-order valence-electron chi connectivity index (χ1n) is 6.06. The molecular weight excluding hydrogens is 236 g/mol. The molecule has 0 saturated carbocycles. The van der Waals surface area contributed by atoms with Crippen molar-refractivity contribution in [3.05, 3.63) is 54.9 Å². The van der Waals surface area contributed by atoms with Gasteiger partial charge in [-0.05, 0) is 29.7 Å². The van der Waals surface area contributed by atoms with Crippen LogP contribution in [0.25, 0.3) is 33.2 Å². The average Bonchev–Trinajstić information content (AvgIpc) is 2.96. The lowest BCUT2D eigenvalue weighted by atomic mass is 10.1. The van der Waals surface area contributed by atoms with Gasteiger partial charge in [0.25, 0.3) is 0 Å². The average molecular weight is 246 g/mol. The van der Waals surface area contributed by atoms with Crippen LogP contribution < -0.4 is 0 Å². The third-order valence-corrected chi connectivity index (χ3v) is 3.24. The Morgan fingerprint density at radius 1 is 0.947 bits per heavy atom. The van der Waals surface area contributed by atoms with Crippen LogP contribution in [-0.4, -0.2) is 20.2 Å². The molecule has 0 saturated heterocycles. The fourth-order valence-electron chi connectivity index (χ4n) is 2.29. The van der Waals surface area contributed by atoms with Crippen molar-refractivity contribution in [2.45, 2.75) is 0 Å². The van der Waals surface area contributed by atoms with Crippen molar-refractivity contribution < 1.29 is 0 Å². The summed E-state index contributed by atoms with van der Waals surface area (Å²) in [5.41, 5.74) is 3.86. The van der Waals surface area contributed by atoms with E-state index in [1.807, 2.05) is 36.4 Å². The monoisotopic (exact) mass is 246 g/mol. The van der Waals surface area contributed by atoms with E-state index in [1.165, 1.54) is 0 Å². The van der Waals surface area contributed by atoms with Gasteiger partial charge >= 0.3 is 0 Å². The molecule has 0 aliphatic rings. The molecule has 0 bridgehead atoms. The Morgan fingerprint density at radius 2 is 1.89 bits per heavy atom. The van der Waals surface area contributed by atoms with Gasteiger partial charge in [0.2, 0.25) is 0 Å². The lowest BCUT2D eigenvalue weighted by Gasteiger charge is -2.05. The molecule has 0 radical (unpaired) electrons. The van der Waals surface area contributed by atoms with Gasteiger partial charge in [0.1, 0.15) is 0 Å². The van der Waals surface area contributed by atoms with E-state index in [0.29, 0.717) is 0 Å². The summed E-state index contributed by atoms with van der Waals surface area (Å²) in [6.07, 6.45) is 3.58. The van der Waals surface area contributed by atoms with Crippen molar-refractivity contribution in [3.63, 3.8) is 0 Å². The second-order valence-electron chi connectivity index (χ2n) is 4.39. The number of rotatable bonds is 1. The fourth-order valence-corrected chi connectivity index (χ4v) is 2.29. The molecule has 4 nitrogen and oxygen atoms in total. The van der Waals surface area contributed by atoms with Crippen LogP contribution in [0.15, 0.2) is 54.9 Å². The Labute approximate surface area is 109 Å². The van der Waals surface area contributed by atoms with Crippen molar-refractivity contribution in [3.8, 4) is 11.4 Å². The van der Waals surface area contributed by atoms with Crippen LogP contribution >= 0.6 is 0 Å². The number of aromatic amines is 1. The second-order valence-corrected chi connectivity index (χ2v) is 4.39. The SMILES string of the molecule is c1ccc(-c2ccc3ccc4nncc4c3[nH]2)nc1. The van der Waals surface area contributed by atoms with Gasteiger partial charge in [-0.2, -0.15) is 10.2 Å². The van der Waals surface area contributed by atoms with Crippen molar-refractivity contribution in [1.29, 1.82) is 0 Å². The molecule has 0 amide bonds. The summed E-state index contributed by atoms with van der Waals surface area (Å²) in [4.78, 5) is 7.79. The molecule has 1 aromatic carbocycles. The first kappa shape index (κ1) is 10.2. The van der Waals surface area contributed by atoms with E-state index in [9.17, 15) is 0 Å². The molecule has 19 heavy (non-hydrogen) atoms. The topological polar surface area (TPSA) is 54.5 Å². The van der Waals surface area contributed by atoms with Crippen LogP contribution in [0.1, 0.15) is 0 Å². The minimum absolute atomic E-state index is 0.905. The van der Waals surface area contributed by atoms with Gasteiger partial charge in [-0.1, -0.05) is 18.2 Å². The quantitative estimate of drug-likeness (QED) is 0.561. The zero-order valence-electron chi connectivity index (χ0n) is 10.0. The van der Waals surface area contributed by atoms with Gasteiger partial charge in [0.15, 0.2) is 0 Å². The predicted octanol–water partition coefficient (Wildman–Crippen LogP) is 3.17. The zero-order chi connectivity index (χ0) is 12.7. The van der Waals surface area contributed by atoms with Gasteiger partial charge in [-0.25, -0.2) is 0 Å². The van der Waals surface area contributed by atoms with Gasteiger partial charge in [0, 0.05) is 11.6 Å². The highest BCUT2D eigenvalue weighted by Gasteiger charge is 2.05. The van der Waals surface area contributed by atoms with Crippen LogP contribution in [-0.2, 0) is 0 Å². The van der Waals surface area contributed by atoms with E-state index in [1.54, 1.807) is 12.4 Å². The van der Waals surface area contributed by atoms with Crippen molar-refractivity contribution >= 4 is 21.8 Å². The second kappa shape index (κ2) is 3.88. The highest BCUT2D eigenvalue weighted by Crippen LogP contribution is 2.25. The molecule has 4 rings (SSSR count). The van der Waals surface area contributed by atoms with E-state index in [-0.39, 0.29) is 0 Å². The lowest BCUT2D eigenvalue weighted by molar-refractivity contribution is 1.12. The number of aromatic nitrogens is 4. The maximum atomic E-state index is 4.36. The van der Waals surface area contributed by atoms with Gasteiger partial charge < -0.3 is 4.98 Å². The van der Waals surface area contributed by atoms with E-state index < -0.39 is 0 Å². The predicted molar refractivity (Wildman–Crippen MR) is 74.6 cm³/mol. The summed E-state index contributed by atoms with van der Waals surface area (Å²) in [6, 6.07) is 14.0. The fraction of sp³-hybridized carbons (Fsp3) is 0. The largest absolute Gasteiger partial charge is 0.353 e. The van der Waals surface area contributed by atoms with Gasteiger partial charge in [-0.15, -0.1) is 0 Å². The zero-order valence-corrected chi connectivity index (χ0v) is 10.0. The number of H-pyrrole nitrogens is 1. The number of fused-ring (bicyclic) bond motifs is 3. The maximum Gasteiger partial charge on any atom is 0.0966 e. The number of hydrogen-bond acceptors (Lipinski definition) is 3. The molecule has 0 spiro atoms. The smallest absolute Gasteiger partial charge is 0.0966 e. The third-order valence-electron chi connectivity index (χ3n) is 3.24. The van der Waals surface area contributed by atoms with E-state index in [4.69, 9.17) is 0 Å². The standard InChI is InChI=1S/C15H10N4/c1-2-8-16-13(3-1)14-7-5-10-4-6-12-11(9-17-19-12)15(10)18-14/h1-9,18H. The Bertz CT molecular complexity index is 865. The van der Waals surface area contributed by atoms with Gasteiger partial charge in [-0.3, -0.25) is 4.98 Å². The van der Waals surface area contributed by atoms with Crippen LogP contribution in [0.5, 0.6) is 0 Å². The Morgan fingerprint density at radius 3 is 2.79 bits per heavy atom. The molecular formula is C15H10N4. The molecule has 1 N–H and O–H groups in total.